The summed E-state index contributed by atoms with van der Waals surface area (Å²) in [4.78, 5) is 2.64. The number of hydrogen-bond donors (Lipinski definition) is 1. The number of aliphatic hydroxyl groups is 1. The van der Waals surface area contributed by atoms with E-state index in [0.29, 0.717) is 6.61 Å². The van der Waals surface area contributed by atoms with Crippen LogP contribution in [-0.4, -0.2) is 70.6 Å². The molecule has 0 aromatic heterocycles. The van der Waals surface area contributed by atoms with E-state index in [1.165, 1.54) is 21.3 Å². The molecule has 0 bridgehead atoms. The van der Waals surface area contributed by atoms with Crippen molar-refractivity contribution in [2.24, 2.45) is 5.11 Å². The largest absolute Gasteiger partial charge is 0.388 e. The highest BCUT2D eigenvalue weighted by Crippen LogP contribution is 2.14. The van der Waals surface area contributed by atoms with Crippen LogP contribution >= 0.6 is 0 Å². The summed E-state index contributed by atoms with van der Waals surface area (Å²) in [5.41, 5.74) is 8.32. The fourth-order valence-electron chi connectivity index (χ4n) is 1.73. The van der Waals surface area contributed by atoms with E-state index in [1.54, 1.807) is 6.08 Å². The highest BCUT2D eigenvalue weighted by molar-refractivity contribution is 4.85. The molecule has 4 atom stereocenters. The van der Waals surface area contributed by atoms with E-state index in [-0.39, 0.29) is 13.2 Å². The number of ether oxygens (including phenoxy) is 4. The Morgan fingerprint density at radius 2 is 1.90 bits per heavy atom. The van der Waals surface area contributed by atoms with Gasteiger partial charge in [-0.25, -0.2) is 0 Å². The van der Waals surface area contributed by atoms with Crippen LogP contribution in [0.5, 0.6) is 0 Å². The molecule has 8 heteroatoms. The maximum Gasteiger partial charge on any atom is 0.114 e. The Balaban J connectivity index is 4.71. The van der Waals surface area contributed by atoms with Crippen molar-refractivity contribution in [3.05, 3.63) is 23.1 Å². The van der Waals surface area contributed by atoms with Gasteiger partial charge in [-0.05, 0) is 5.53 Å². The Bertz CT molecular complexity index is 309. The van der Waals surface area contributed by atoms with E-state index < -0.39 is 24.4 Å². The van der Waals surface area contributed by atoms with Crippen LogP contribution in [0.4, 0.5) is 0 Å². The standard InChI is InChI=1S/C12H23N3O5/c1-5-6-20-8-10(18-3)12(19-4)11(16)9(17-2)7-14-15-13/h5,9-12,16H,1,6-8H2,2-4H3/t9-,10+,11+,12+/m0/s1. The molecule has 0 heterocycles. The Morgan fingerprint density at radius 1 is 1.25 bits per heavy atom. The van der Waals surface area contributed by atoms with Crippen molar-refractivity contribution in [3.8, 4) is 0 Å². The topological polar surface area (TPSA) is 106 Å². The first kappa shape index (κ1) is 18.9. The highest BCUT2D eigenvalue weighted by atomic mass is 16.6. The molecule has 0 aliphatic heterocycles. The van der Waals surface area contributed by atoms with E-state index in [9.17, 15) is 5.11 Å². The molecule has 0 aliphatic carbocycles. The van der Waals surface area contributed by atoms with Gasteiger partial charge in [0.2, 0.25) is 0 Å². The molecule has 0 rings (SSSR count). The third-order valence-electron chi connectivity index (χ3n) is 2.80. The van der Waals surface area contributed by atoms with Gasteiger partial charge in [0.15, 0.2) is 0 Å². The second-order valence-corrected chi connectivity index (χ2v) is 3.98. The molecule has 0 aliphatic rings. The van der Waals surface area contributed by atoms with Gasteiger partial charge in [-0.15, -0.1) is 6.58 Å². The summed E-state index contributed by atoms with van der Waals surface area (Å²) in [5.74, 6) is 0. The van der Waals surface area contributed by atoms with Crippen LogP contribution in [0, 0.1) is 0 Å². The third kappa shape index (κ3) is 6.33. The van der Waals surface area contributed by atoms with Crippen molar-refractivity contribution in [2.75, 3.05) is 41.1 Å². The first-order valence-corrected chi connectivity index (χ1v) is 6.12. The van der Waals surface area contributed by atoms with Gasteiger partial charge < -0.3 is 24.1 Å². The van der Waals surface area contributed by atoms with Gasteiger partial charge in [-0.3, -0.25) is 0 Å². The molecule has 8 nitrogen and oxygen atoms in total. The molecule has 0 saturated heterocycles. The molecule has 116 valence electrons. The predicted molar refractivity (Wildman–Crippen MR) is 73.4 cm³/mol. The van der Waals surface area contributed by atoms with Crippen LogP contribution in [0.25, 0.3) is 10.4 Å². The zero-order chi connectivity index (χ0) is 15.4. The minimum absolute atomic E-state index is 0.00201. The Labute approximate surface area is 118 Å². The average molecular weight is 289 g/mol. The predicted octanol–water partition coefficient (Wildman–Crippen LogP) is 0.905. The molecule has 0 radical (unpaired) electrons. The van der Waals surface area contributed by atoms with Crippen LogP contribution < -0.4 is 0 Å². The summed E-state index contributed by atoms with van der Waals surface area (Å²) in [6.45, 7) is 4.15. The summed E-state index contributed by atoms with van der Waals surface area (Å²) in [6.07, 6.45) is -1.26. The lowest BCUT2D eigenvalue weighted by molar-refractivity contribution is -0.147. The molecular weight excluding hydrogens is 266 g/mol. The molecular formula is C12H23N3O5. The Hall–Kier alpha value is -1.15. The zero-order valence-corrected chi connectivity index (χ0v) is 12.1. The maximum atomic E-state index is 10.3. The summed E-state index contributed by atoms with van der Waals surface area (Å²) in [6, 6.07) is 0. The molecule has 0 amide bonds. The minimum atomic E-state index is -1.02. The third-order valence-corrected chi connectivity index (χ3v) is 2.80. The number of nitrogens with zero attached hydrogens (tertiary/aromatic N) is 3. The Kier molecular flexibility index (Phi) is 11.0. The molecule has 0 fully saturated rings. The molecule has 1 N–H and O–H groups in total. The molecule has 0 aromatic carbocycles. The van der Waals surface area contributed by atoms with Crippen LogP contribution in [0.3, 0.4) is 0 Å². The van der Waals surface area contributed by atoms with Crippen molar-refractivity contribution < 1.29 is 24.1 Å². The van der Waals surface area contributed by atoms with Gasteiger partial charge in [0.1, 0.15) is 18.3 Å². The van der Waals surface area contributed by atoms with Crippen molar-refractivity contribution in [1.29, 1.82) is 0 Å². The van der Waals surface area contributed by atoms with Gasteiger partial charge >= 0.3 is 0 Å². The van der Waals surface area contributed by atoms with Crippen molar-refractivity contribution in [1.82, 2.24) is 0 Å². The maximum absolute atomic E-state index is 10.3. The van der Waals surface area contributed by atoms with Gasteiger partial charge in [0.05, 0.1) is 25.9 Å². The number of azide groups is 1. The van der Waals surface area contributed by atoms with E-state index in [2.05, 4.69) is 16.6 Å². The average Bonchev–Trinajstić information content (AvgIpc) is 2.47. The summed E-state index contributed by atoms with van der Waals surface area (Å²) in [5, 5.41) is 13.7. The number of methoxy groups -OCH3 is 3. The lowest BCUT2D eigenvalue weighted by Crippen LogP contribution is -2.49. The van der Waals surface area contributed by atoms with Gasteiger partial charge in [-0.2, -0.15) is 0 Å². The van der Waals surface area contributed by atoms with Crippen LogP contribution in [0.15, 0.2) is 17.8 Å². The summed E-state index contributed by atoms with van der Waals surface area (Å²) >= 11 is 0. The quantitative estimate of drug-likeness (QED) is 0.189. The molecule has 0 saturated carbocycles. The van der Waals surface area contributed by atoms with E-state index in [0.717, 1.165) is 0 Å². The van der Waals surface area contributed by atoms with Crippen LogP contribution in [0.2, 0.25) is 0 Å². The van der Waals surface area contributed by atoms with Crippen molar-refractivity contribution in [2.45, 2.75) is 24.4 Å². The fraction of sp³-hybridized carbons (Fsp3) is 0.833. The van der Waals surface area contributed by atoms with E-state index >= 15 is 0 Å². The SMILES string of the molecule is C=CCOC[C@@H](OC)[C@@H](OC)[C@H](O)[C@H](CN=[N+]=[N-])OC. The monoisotopic (exact) mass is 289 g/mol. The highest BCUT2D eigenvalue weighted by Gasteiger charge is 2.34. The van der Waals surface area contributed by atoms with E-state index in [4.69, 9.17) is 24.5 Å². The first-order valence-electron chi connectivity index (χ1n) is 6.12. The summed E-state index contributed by atoms with van der Waals surface area (Å²) < 4.78 is 20.9. The normalized spacial score (nSPS) is 16.8. The van der Waals surface area contributed by atoms with E-state index in [1.807, 2.05) is 0 Å². The fourth-order valence-corrected chi connectivity index (χ4v) is 1.73. The lowest BCUT2D eigenvalue weighted by atomic mass is 10.0. The smallest absolute Gasteiger partial charge is 0.114 e. The van der Waals surface area contributed by atoms with Crippen LogP contribution in [0.1, 0.15) is 0 Å². The molecule has 20 heavy (non-hydrogen) atoms. The lowest BCUT2D eigenvalue weighted by Gasteiger charge is -2.32. The zero-order valence-electron chi connectivity index (χ0n) is 12.1. The Morgan fingerprint density at radius 3 is 2.35 bits per heavy atom. The second kappa shape index (κ2) is 11.7. The number of aliphatic hydroxyl groups excluding tert-OH is 1. The molecule has 0 aromatic rings. The number of hydrogen-bond acceptors (Lipinski definition) is 6. The molecule has 0 spiro atoms. The van der Waals surface area contributed by atoms with Crippen molar-refractivity contribution in [3.63, 3.8) is 0 Å². The minimum Gasteiger partial charge on any atom is -0.388 e. The van der Waals surface area contributed by atoms with Crippen LogP contribution in [-0.2, 0) is 18.9 Å². The second-order valence-electron chi connectivity index (χ2n) is 3.98. The number of rotatable bonds is 12. The first-order chi connectivity index (χ1) is 9.65. The summed E-state index contributed by atoms with van der Waals surface area (Å²) in [7, 11) is 4.37. The van der Waals surface area contributed by atoms with Crippen molar-refractivity contribution >= 4 is 0 Å². The van der Waals surface area contributed by atoms with Gasteiger partial charge in [0.25, 0.3) is 0 Å². The molecule has 0 unspecified atom stereocenters. The van der Waals surface area contributed by atoms with Gasteiger partial charge in [0, 0.05) is 26.2 Å². The van der Waals surface area contributed by atoms with Gasteiger partial charge in [-0.1, -0.05) is 11.2 Å².